The SMILES string of the molecule is CC(O)CNc1ccc(S(=O)(=O)N2CCOCC2)cc1[N+](=O)[O-]. The molecule has 0 bridgehead atoms. The first-order valence-electron chi connectivity index (χ1n) is 7.10. The summed E-state index contributed by atoms with van der Waals surface area (Å²) in [6.45, 7) is 2.70. The van der Waals surface area contributed by atoms with E-state index in [1.54, 1.807) is 0 Å². The van der Waals surface area contributed by atoms with Crippen LogP contribution >= 0.6 is 0 Å². The van der Waals surface area contributed by atoms with E-state index >= 15 is 0 Å². The molecule has 1 fully saturated rings. The number of aliphatic hydroxyl groups excluding tert-OH is 1. The van der Waals surface area contributed by atoms with Crippen LogP contribution in [0.3, 0.4) is 0 Å². The summed E-state index contributed by atoms with van der Waals surface area (Å²) in [5.74, 6) is 0. The Bertz CT molecular complexity index is 670. The molecule has 1 heterocycles. The second kappa shape index (κ2) is 7.21. The number of rotatable bonds is 6. The fourth-order valence-electron chi connectivity index (χ4n) is 2.17. The lowest BCUT2D eigenvalue weighted by molar-refractivity contribution is -0.384. The Morgan fingerprint density at radius 1 is 1.43 bits per heavy atom. The van der Waals surface area contributed by atoms with Crippen molar-refractivity contribution in [3.63, 3.8) is 0 Å². The van der Waals surface area contributed by atoms with E-state index in [0.717, 1.165) is 6.07 Å². The minimum absolute atomic E-state index is 0.121. The lowest BCUT2D eigenvalue weighted by Gasteiger charge is -2.26. The number of nitro groups is 1. The molecule has 23 heavy (non-hydrogen) atoms. The molecule has 0 aliphatic carbocycles. The number of ether oxygens (including phenoxy) is 1. The van der Waals surface area contributed by atoms with E-state index in [9.17, 15) is 23.6 Å². The normalized spacial score (nSPS) is 17.7. The van der Waals surface area contributed by atoms with Crippen LogP contribution in [0.25, 0.3) is 0 Å². The summed E-state index contributed by atoms with van der Waals surface area (Å²) in [6, 6.07) is 3.70. The van der Waals surface area contributed by atoms with Gasteiger partial charge >= 0.3 is 0 Å². The lowest BCUT2D eigenvalue weighted by atomic mass is 10.2. The van der Waals surface area contributed by atoms with Crippen LogP contribution in [0, 0.1) is 10.1 Å². The van der Waals surface area contributed by atoms with Crippen LogP contribution in [0.15, 0.2) is 23.1 Å². The number of morpholine rings is 1. The Labute approximate surface area is 134 Å². The summed E-state index contributed by atoms with van der Waals surface area (Å²) < 4.78 is 31.4. The van der Waals surface area contributed by atoms with Crippen LogP contribution in [0.1, 0.15) is 6.92 Å². The maximum atomic E-state index is 12.5. The zero-order valence-corrected chi connectivity index (χ0v) is 13.5. The summed E-state index contributed by atoms with van der Waals surface area (Å²) in [6.07, 6.45) is -0.689. The number of hydrogen-bond donors (Lipinski definition) is 2. The molecule has 2 rings (SSSR count). The van der Waals surface area contributed by atoms with Crippen LogP contribution in [0.4, 0.5) is 11.4 Å². The van der Waals surface area contributed by atoms with E-state index in [1.165, 1.54) is 23.4 Å². The Kier molecular flexibility index (Phi) is 5.52. The fraction of sp³-hybridized carbons (Fsp3) is 0.538. The largest absolute Gasteiger partial charge is 0.392 e. The third-order valence-electron chi connectivity index (χ3n) is 3.36. The molecule has 1 aliphatic rings. The van der Waals surface area contributed by atoms with Gasteiger partial charge < -0.3 is 15.2 Å². The third-order valence-corrected chi connectivity index (χ3v) is 5.26. The number of nitro benzene ring substituents is 1. The summed E-state index contributed by atoms with van der Waals surface area (Å²) >= 11 is 0. The molecule has 1 atom stereocenters. The molecular formula is C13H19N3O6S. The first-order valence-corrected chi connectivity index (χ1v) is 8.54. The van der Waals surface area contributed by atoms with E-state index in [-0.39, 0.29) is 35.9 Å². The highest BCUT2D eigenvalue weighted by molar-refractivity contribution is 7.89. The number of anilines is 1. The molecule has 10 heteroatoms. The van der Waals surface area contributed by atoms with E-state index in [4.69, 9.17) is 4.74 Å². The number of benzene rings is 1. The Balaban J connectivity index is 2.32. The van der Waals surface area contributed by atoms with Gasteiger partial charge in [0.2, 0.25) is 10.0 Å². The third kappa shape index (κ3) is 4.16. The van der Waals surface area contributed by atoms with E-state index in [2.05, 4.69) is 5.32 Å². The van der Waals surface area contributed by atoms with Crippen molar-refractivity contribution < 1.29 is 23.2 Å². The number of nitrogens with zero attached hydrogens (tertiary/aromatic N) is 2. The fourth-order valence-corrected chi connectivity index (χ4v) is 3.59. The molecule has 128 valence electrons. The Hall–Kier alpha value is -1.75. The van der Waals surface area contributed by atoms with Gasteiger partial charge in [0.25, 0.3) is 5.69 Å². The molecule has 1 aromatic rings. The van der Waals surface area contributed by atoms with Crippen molar-refractivity contribution in [2.45, 2.75) is 17.9 Å². The van der Waals surface area contributed by atoms with Crippen molar-refractivity contribution in [1.82, 2.24) is 4.31 Å². The minimum atomic E-state index is -3.79. The Morgan fingerprint density at radius 3 is 2.65 bits per heavy atom. The summed E-state index contributed by atoms with van der Waals surface area (Å²) in [5.41, 5.74) is -0.184. The maximum Gasteiger partial charge on any atom is 0.293 e. The highest BCUT2D eigenvalue weighted by atomic mass is 32.2. The molecule has 0 aromatic heterocycles. The van der Waals surface area contributed by atoms with E-state index < -0.39 is 21.1 Å². The highest BCUT2D eigenvalue weighted by Gasteiger charge is 2.28. The van der Waals surface area contributed by atoms with Gasteiger partial charge in [-0.1, -0.05) is 0 Å². The molecule has 0 spiro atoms. The monoisotopic (exact) mass is 345 g/mol. The van der Waals surface area contributed by atoms with E-state index in [1.807, 2.05) is 0 Å². The summed E-state index contributed by atoms with van der Waals surface area (Å²) in [5, 5.41) is 23.2. The first-order chi connectivity index (χ1) is 10.8. The molecule has 9 nitrogen and oxygen atoms in total. The minimum Gasteiger partial charge on any atom is -0.392 e. The van der Waals surface area contributed by atoms with Crippen molar-refractivity contribution in [3.8, 4) is 0 Å². The zero-order valence-electron chi connectivity index (χ0n) is 12.6. The lowest BCUT2D eigenvalue weighted by Crippen LogP contribution is -2.40. The van der Waals surface area contributed by atoms with Crippen LogP contribution in [-0.4, -0.2) is 61.7 Å². The number of nitrogens with one attached hydrogen (secondary N) is 1. The first kappa shape index (κ1) is 17.6. The molecule has 0 saturated carbocycles. The van der Waals surface area contributed by atoms with Gasteiger partial charge in [-0.15, -0.1) is 0 Å². The molecule has 0 radical (unpaired) electrons. The van der Waals surface area contributed by atoms with Gasteiger partial charge in [0.15, 0.2) is 0 Å². The van der Waals surface area contributed by atoms with Crippen LogP contribution in [0.5, 0.6) is 0 Å². The average Bonchev–Trinajstić information content (AvgIpc) is 2.53. The number of sulfonamides is 1. The van der Waals surface area contributed by atoms with Crippen molar-refractivity contribution in [3.05, 3.63) is 28.3 Å². The number of aliphatic hydroxyl groups is 1. The summed E-state index contributed by atoms with van der Waals surface area (Å²) in [7, 11) is -3.79. The van der Waals surface area contributed by atoms with Gasteiger partial charge in [0.1, 0.15) is 5.69 Å². The standard InChI is InChI=1S/C13H19N3O6S/c1-10(17)9-14-12-3-2-11(8-13(12)16(18)19)23(20,21)15-4-6-22-7-5-15/h2-3,8,10,14,17H,4-7,9H2,1H3. The highest BCUT2D eigenvalue weighted by Crippen LogP contribution is 2.29. The topological polar surface area (TPSA) is 122 Å². The Morgan fingerprint density at radius 2 is 2.09 bits per heavy atom. The van der Waals surface area contributed by atoms with Gasteiger partial charge in [-0.05, 0) is 19.1 Å². The van der Waals surface area contributed by atoms with Crippen LogP contribution < -0.4 is 5.32 Å². The van der Waals surface area contributed by atoms with Gasteiger partial charge in [0, 0.05) is 25.7 Å². The average molecular weight is 345 g/mol. The molecule has 1 saturated heterocycles. The molecule has 1 unspecified atom stereocenters. The molecular weight excluding hydrogens is 326 g/mol. The number of hydrogen-bond acceptors (Lipinski definition) is 7. The predicted molar refractivity (Wildman–Crippen MR) is 82.8 cm³/mol. The van der Waals surface area contributed by atoms with Crippen molar-refractivity contribution in [1.29, 1.82) is 0 Å². The molecule has 1 aromatic carbocycles. The van der Waals surface area contributed by atoms with Gasteiger partial charge in [-0.2, -0.15) is 4.31 Å². The van der Waals surface area contributed by atoms with Crippen LogP contribution in [0.2, 0.25) is 0 Å². The van der Waals surface area contributed by atoms with Crippen LogP contribution in [-0.2, 0) is 14.8 Å². The maximum absolute atomic E-state index is 12.5. The quantitative estimate of drug-likeness (QED) is 0.565. The van der Waals surface area contributed by atoms with Crippen molar-refractivity contribution in [2.75, 3.05) is 38.2 Å². The van der Waals surface area contributed by atoms with Crippen molar-refractivity contribution in [2.24, 2.45) is 0 Å². The van der Waals surface area contributed by atoms with Gasteiger partial charge in [0.05, 0.1) is 29.1 Å². The van der Waals surface area contributed by atoms with E-state index in [0.29, 0.717) is 13.2 Å². The molecule has 1 aliphatic heterocycles. The van der Waals surface area contributed by atoms with Gasteiger partial charge in [-0.25, -0.2) is 8.42 Å². The second-order valence-electron chi connectivity index (χ2n) is 5.18. The summed E-state index contributed by atoms with van der Waals surface area (Å²) in [4.78, 5) is 10.4. The zero-order chi connectivity index (χ0) is 17.0. The van der Waals surface area contributed by atoms with Gasteiger partial charge in [-0.3, -0.25) is 10.1 Å². The van der Waals surface area contributed by atoms with Crippen molar-refractivity contribution >= 4 is 21.4 Å². The smallest absolute Gasteiger partial charge is 0.293 e. The molecule has 0 amide bonds. The second-order valence-corrected chi connectivity index (χ2v) is 7.12. The predicted octanol–water partition coefficient (Wildman–Crippen LogP) is 0.408. The molecule has 2 N–H and O–H groups in total.